The molecule has 0 aromatic heterocycles. The van der Waals surface area contributed by atoms with E-state index < -0.39 is 15.9 Å². The van der Waals surface area contributed by atoms with Gasteiger partial charge in [0.05, 0.1) is 11.7 Å². The molecule has 2 N–H and O–H groups in total. The Morgan fingerprint density at radius 3 is 2.42 bits per heavy atom. The third-order valence-corrected chi connectivity index (χ3v) is 3.82. The molecule has 1 saturated heterocycles. The van der Waals surface area contributed by atoms with E-state index in [0.29, 0.717) is 0 Å². The van der Waals surface area contributed by atoms with Gasteiger partial charge in [-0.2, -0.15) is 0 Å². The van der Waals surface area contributed by atoms with Crippen molar-refractivity contribution < 1.29 is 13.2 Å². The zero-order valence-corrected chi connectivity index (χ0v) is 7.67. The number of primary amides is 1. The Kier molecular flexibility index (Phi) is 2.39. The fraction of sp³-hybridized carbons (Fsp3) is 0.833. The van der Waals surface area contributed by atoms with Crippen LogP contribution in [0.4, 0.5) is 0 Å². The number of amides is 1. The Balaban J connectivity index is 2.50. The van der Waals surface area contributed by atoms with Crippen LogP contribution in [0.1, 0.15) is 6.92 Å². The average molecular weight is 192 g/mol. The van der Waals surface area contributed by atoms with Crippen molar-refractivity contribution in [1.29, 1.82) is 0 Å². The van der Waals surface area contributed by atoms with Gasteiger partial charge in [-0.3, -0.25) is 4.79 Å². The van der Waals surface area contributed by atoms with E-state index in [1.165, 1.54) is 4.31 Å². The van der Waals surface area contributed by atoms with E-state index in [0.717, 1.165) is 0 Å². The largest absolute Gasteiger partial charge is 0.369 e. The normalized spacial score (nSPS) is 20.4. The van der Waals surface area contributed by atoms with Gasteiger partial charge in [-0.15, -0.1) is 0 Å². The third kappa shape index (κ3) is 1.59. The number of rotatable bonds is 3. The lowest BCUT2D eigenvalue weighted by Crippen LogP contribution is -2.54. The predicted molar refractivity (Wildman–Crippen MR) is 43.7 cm³/mol. The van der Waals surface area contributed by atoms with Crippen LogP contribution in [-0.2, 0) is 14.8 Å². The summed E-state index contributed by atoms with van der Waals surface area (Å²) in [7, 11) is -3.10. The number of carbonyl (C=O) groups excluding carboxylic acids is 1. The standard InChI is InChI=1S/C6H12N2O3S/c1-2-12(10,11)8-3-5(4-8)6(7)9/h5H,2-4H2,1H3,(H2,7,9). The van der Waals surface area contributed by atoms with Crippen LogP contribution in [0.25, 0.3) is 0 Å². The minimum absolute atomic E-state index is 0.0818. The average Bonchev–Trinajstić information content (AvgIpc) is 1.82. The predicted octanol–water partition coefficient (Wildman–Crippen LogP) is -1.25. The number of carbonyl (C=O) groups is 1. The fourth-order valence-corrected chi connectivity index (χ4v) is 2.21. The Morgan fingerprint density at radius 2 is 2.08 bits per heavy atom. The first-order valence-electron chi connectivity index (χ1n) is 3.74. The summed E-state index contributed by atoms with van der Waals surface area (Å²) in [5, 5.41) is 0. The lowest BCUT2D eigenvalue weighted by Gasteiger charge is -2.35. The summed E-state index contributed by atoms with van der Waals surface area (Å²) in [6, 6.07) is 0. The molecule has 0 aromatic rings. The van der Waals surface area contributed by atoms with Crippen molar-refractivity contribution in [2.75, 3.05) is 18.8 Å². The molecule has 0 bridgehead atoms. The molecule has 0 unspecified atom stereocenters. The second-order valence-corrected chi connectivity index (χ2v) is 5.07. The van der Waals surface area contributed by atoms with Gasteiger partial charge in [0.15, 0.2) is 0 Å². The van der Waals surface area contributed by atoms with Gasteiger partial charge >= 0.3 is 0 Å². The Hall–Kier alpha value is -0.620. The van der Waals surface area contributed by atoms with E-state index in [1.54, 1.807) is 6.92 Å². The summed E-state index contributed by atoms with van der Waals surface area (Å²) in [5.41, 5.74) is 4.98. The summed E-state index contributed by atoms with van der Waals surface area (Å²) < 4.78 is 23.5. The van der Waals surface area contributed by atoms with Crippen LogP contribution in [0, 0.1) is 5.92 Å². The summed E-state index contributed by atoms with van der Waals surface area (Å²) in [6.07, 6.45) is 0. The van der Waals surface area contributed by atoms with E-state index >= 15 is 0 Å². The molecule has 6 heteroatoms. The smallest absolute Gasteiger partial charge is 0.223 e. The molecule has 70 valence electrons. The quantitative estimate of drug-likeness (QED) is 0.607. The highest BCUT2D eigenvalue weighted by Crippen LogP contribution is 2.18. The SMILES string of the molecule is CCS(=O)(=O)N1CC(C(N)=O)C1. The molecule has 5 nitrogen and oxygen atoms in total. The number of sulfonamides is 1. The molecule has 0 aliphatic carbocycles. The summed E-state index contributed by atoms with van der Waals surface area (Å²) in [6.45, 7) is 2.09. The highest BCUT2D eigenvalue weighted by atomic mass is 32.2. The second-order valence-electron chi connectivity index (χ2n) is 2.82. The van der Waals surface area contributed by atoms with Crippen LogP contribution in [0.3, 0.4) is 0 Å². The third-order valence-electron chi connectivity index (χ3n) is 2.01. The molecule has 0 aromatic carbocycles. The molecule has 12 heavy (non-hydrogen) atoms. The van der Waals surface area contributed by atoms with Crippen molar-refractivity contribution in [2.24, 2.45) is 11.7 Å². The maximum atomic E-state index is 11.1. The van der Waals surface area contributed by atoms with Crippen molar-refractivity contribution in [3.8, 4) is 0 Å². The van der Waals surface area contributed by atoms with Crippen LogP contribution in [0.5, 0.6) is 0 Å². The lowest BCUT2D eigenvalue weighted by molar-refractivity contribution is -0.124. The van der Waals surface area contributed by atoms with Crippen molar-refractivity contribution in [2.45, 2.75) is 6.92 Å². The Morgan fingerprint density at radius 1 is 1.58 bits per heavy atom. The highest BCUT2D eigenvalue weighted by Gasteiger charge is 2.37. The molecular formula is C6H12N2O3S. The first-order chi connectivity index (χ1) is 5.47. The zero-order chi connectivity index (χ0) is 9.35. The lowest BCUT2D eigenvalue weighted by atomic mass is 10.0. The number of nitrogens with zero attached hydrogens (tertiary/aromatic N) is 1. The van der Waals surface area contributed by atoms with E-state index in [9.17, 15) is 13.2 Å². The Bertz CT molecular complexity index is 279. The van der Waals surface area contributed by atoms with Gasteiger partial charge < -0.3 is 5.73 Å². The molecule has 0 saturated carbocycles. The first kappa shape index (κ1) is 9.47. The molecule has 1 fully saturated rings. The number of hydrogen-bond acceptors (Lipinski definition) is 3. The maximum absolute atomic E-state index is 11.1. The molecular weight excluding hydrogens is 180 g/mol. The monoisotopic (exact) mass is 192 g/mol. The topological polar surface area (TPSA) is 80.5 Å². The molecule has 1 aliphatic rings. The van der Waals surface area contributed by atoms with Gasteiger partial charge in [-0.05, 0) is 6.92 Å². The van der Waals surface area contributed by atoms with Crippen LogP contribution >= 0.6 is 0 Å². The minimum Gasteiger partial charge on any atom is -0.369 e. The second kappa shape index (κ2) is 3.02. The summed E-state index contributed by atoms with van der Waals surface area (Å²) in [4.78, 5) is 10.5. The van der Waals surface area contributed by atoms with Crippen LogP contribution in [-0.4, -0.2) is 37.5 Å². The molecule has 0 radical (unpaired) electrons. The van der Waals surface area contributed by atoms with Crippen molar-refractivity contribution in [1.82, 2.24) is 4.31 Å². The zero-order valence-electron chi connectivity index (χ0n) is 6.86. The van der Waals surface area contributed by atoms with Gasteiger partial charge in [0.2, 0.25) is 15.9 Å². The van der Waals surface area contributed by atoms with Gasteiger partial charge in [-0.25, -0.2) is 12.7 Å². The van der Waals surface area contributed by atoms with Gasteiger partial charge in [-0.1, -0.05) is 0 Å². The fourth-order valence-electron chi connectivity index (χ4n) is 1.03. The molecule has 1 heterocycles. The molecule has 1 aliphatic heterocycles. The first-order valence-corrected chi connectivity index (χ1v) is 5.35. The summed E-state index contributed by atoms with van der Waals surface area (Å²) >= 11 is 0. The minimum atomic E-state index is -3.10. The maximum Gasteiger partial charge on any atom is 0.223 e. The highest BCUT2D eigenvalue weighted by molar-refractivity contribution is 7.89. The van der Waals surface area contributed by atoms with E-state index in [1.807, 2.05) is 0 Å². The van der Waals surface area contributed by atoms with Gasteiger partial charge in [0.25, 0.3) is 0 Å². The molecule has 1 amide bonds. The van der Waals surface area contributed by atoms with Crippen molar-refractivity contribution in [3.05, 3.63) is 0 Å². The molecule has 0 spiro atoms. The van der Waals surface area contributed by atoms with Gasteiger partial charge in [0.1, 0.15) is 0 Å². The number of hydrogen-bond donors (Lipinski definition) is 1. The van der Waals surface area contributed by atoms with E-state index in [2.05, 4.69) is 0 Å². The molecule has 1 rings (SSSR count). The Labute approximate surface area is 71.6 Å². The molecule has 0 atom stereocenters. The van der Waals surface area contributed by atoms with Crippen LogP contribution in [0.2, 0.25) is 0 Å². The van der Waals surface area contributed by atoms with Crippen LogP contribution < -0.4 is 5.73 Å². The van der Waals surface area contributed by atoms with Crippen molar-refractivity contribution >= 4 is 15.9 Å². The van der Waals surface area contributed by atoms with Crippen LogP contribution in [0.15, 0.2) is 0 Å². The summed E-state index contributed by atoms with van der Waals surface area (Å²) in [5.74, 6) is -0.623. The van der Waals surface area contributed by atoms with E-state index in [-0.39, 0.29) is 24.8 Å². The van der Waals surface area contributed by atoms with E-state index in [4.69, 9.17) is 5.73 Å². The number of nitrogens with two attached hydrogens (primary N) is 1. The van der Waals surface area contributed by atoms with Gasteiger partial charge in [0, 0.05) is 13.1 Å². The van der Waals surface area contributed by atoms with Crippen molar-refractivity contribution in [3.63, 3.8) is 0 Å².